The smallest absolute Gasteiger partial charge is 0.229 e. The average Bonchev–Trinajstić information content (AvgIpc) is 2.77. The van der Waals surface area contributed by atoms with Gasteiger partial charge in [0.25, 0.3) is 0 Å². The lowest BCUT2D eigenvalue weighted by Gasteiger charge is -2.30. The van der Waals surface area contributed by atoms with Gasteiger partial charge in [-0.15, -0.1) is 0 Å². The number of unbranched alkanes of at least 4 members (excludes halogenated alkanes) is 1. The van der Waals surface area contributed by atoms with E-state index in [9.17, 15) is 0 Å². The molecular weight excluding hydrogens is 218 g/mol. The van der Waals surface area contributed by atoms with Gasteiger partial charge in [-0.05, 0) is 52.2 Å². The Morgan fingerprint density at radius 2 is 2.12 bits per heavy atom. The van der Waals surface area contributed by atoms with Crippen molar-refractivity contribution in [3.8, 4) is 0 Å². The number of nitrogens with zero attached hydrogens (tertiary/aromatic N) is 3. The van der Waals surface area contributed by atoms with Crippen LogP contribution in [0.1, 0.15) is 43.3 Å². The van der Waals surface area contributed by atoms with Crippen LogP contribution in [-0.2, 0) is 0 Å². The molecule has 1 aliphatic rings. The first-order valence-electron chi connectivity index (χ1n) is 6.43. The summed E-state index contributed by atoms with van der Waals surface area (Å²) in [7, 11) is 0. The van der Waals surface area contributed by atoms with Crippen LogP contribution in [0.15, 0.2) is 4.52 Å². The number of likely N-dealkylation sites (tertiary alicyclic amines) is 1. The zero-order valence-electron chi connectivity index (χ0n) is 10.4. The molecule has 2 heterocycles. The minimum Gasteiger partial charge on any atom is -0.396 e. The average molecular weight is 239 g/mol. The summed E-state index contributed by atoms with van der Waals surface area (Å²) in [5, 5.41) is 12.6. The molecule has 0 aromatic carbocycles. The van der Waals surface area contributed by atoms with E-state index in [0.29, 0.717) is 12.5 Å². The van der Waals surface area contributed by atoms with Gasteiger partial charge in [-0.1, -0.05) is 5.16 Å². The van der Waals surface area contributed by atoms with Gasteiger partial charge in [0.05, 0.1) is 0 Å². The van der Waals surface area contributed by atoms with E-state index >= 15 is 0 Å². The summed E-state index contributed by atoms with van der Waals surface area (Å²) in [6, 6.07) is 0. The molecule has 0 unspecified atom stereocenters. The number of hydrogen-bond donors (Lipinski definition) is 1. The summed E-state index contributed by atoms with van der Waals surface area (Å²) in [4.78, 5) is 6.76. The van der Waals surface area contributed by atoms with Crippen molar-refractivity contribution in [2.75, 3.05) is 26.2 Å². The van der Waals surface area contributed by atoms with Crippen molar-refractivity contribution in [1.29, 1.82) is 0 Å². The van der Waals surface area contributed by atoms with Crippen LogP contribution in [0.3, 0.4) is 0 Å². The van der Waals surface area contributed by atoms with E-state index in [1.165, 1.54) is 0 Å². The third kappa shape index (κ3) is 3.51. The van der Waals surface area contributed by atoms with Crippen LogP contribution in [0, 0.1) is 6.92 Å². The largest absolute Gasteiger partial charge is 0.396 e. The topological polar surface area (TPSA) is 62.4 Å². The van der Waals surface area contributed by atoms with Gasteiger partial charge in [-0.25, -0.2) is 0 Å². The molecule has 5 nitrogen and oxygen atoms in total. The van der Waals surface area contributed by atoms with Crippen LogP contribution >= 0.6 is 0 Å². The van der Waals surface area contributed by atoms with Gasteiger partial charge < -0.3 is 14.5 Å². The van der Waals surface area contributed by atoms with Gasteiger partial charge in [-0.3, -0.25) is 0 Å². The molecular formula is C12H21N3O2. The van der Waals surface area contributed by atoms with Crippen molar-refractivity contribution in [2.24, 2.45) is 0 Å². The first kappa shape index (κ1) is 12.5. The fourth-order valence-electron chi connectivity index (χ4n) is 2.33. The van der Waals surface area contributed by atoms with Crippen LogP contribution in [0.4, 0.5) is 0 Å². The number of aryl methyl sites for hydroxylation is 1. The van der Waals surface area contributed by atoms with E-state index in [-0.39, 0.29) is 0 Å². The highest BCUT2D eigenvalue weighted by molar-refractivity contribution is 4.95. The molecule has 2 rings (SSSR count). The molecule has 5 heteroatoms. The highest BCUT2D eigenvalue weighted by atomic mass is 16.5. The van der Waals surface area contributed by atoms with Crippen molar-refractivity contribution in [3.05, 3.63) is 11.7 Å². The summed E-state index contributed by atoms with van der Waals surface area (Å²) in [5.74, 6) is 1.97. The van der Waals surface area contributed by atoms with Gasteiger partial charge in [-0.2, -0.15) is 4.98 Å². The Morgan fingerprint density at radius 3 is 2.71 bits per heavy atom. The fourth-order valence-corrected chi connectivity index (χ4v) is 2.33. The van der Waals surface area contributed by atoms with Crippen molar-refractivity contribution in [1.82, 2.24) is 15.0 Å². The van der Waals surface area contributed by atoms with E-state index in [1.54, 1.807) is 0 Å². The molecule has 1 aromatic rings. The summed E-state index contributed by atoms with van der Waals surface area (Å²) in [6.07, 6.45) is 4.19. The summed E-state index contributed by atoms with van der Waals surface area (Å²) in [6.45, 7) is 5.44. The fraction of sp³-hybridized carbons (Fsp3) is 0.833. The summed E-state index contributed by atoms with van der Waals surface area (Å²) in [5.41, 5.74) is 0. The highest BCUT2D eigenvalue weighted by Crippen LogP contribution is 2.26. The molecule has 1 aromatic heterocycles. The zero-order chi connectivity index (χ0) is 12.1. The van der Waals surface area contributed by atoms with E-state index in [4.69, 9.17) is 9.63 Å². The Labute approximate surface area is 102 Å². The van der Waals surface area contributed by atoms with Gasteiger partial charge in [0, 0.05) is 12.5 Å². The van der Waals surface area contributed by atoms with Crippen LogP contribution in [0.25, 0.3) is 0 Å². The quantitative estimate of drug-likeness (QED) is 0.785. The minimum atomic E-state index is 0.303. The number of aliphatic hydroxyl groups excluding tert-OH is 1. The van der Waals surface area contributed by atoms with Gasteiger partial charge in [0.1, 0.15) is 0 Å². The molecule has 0 saturated carbocycles. The first-order chi connectivity index (χ1) is 8.29. The number of aromatic nitrogens is 2. The number of rotatable bonds is 5. The first-order valence-corrected chi connectivity index (χ1v) is 6.43. The maximum absolute atomic E-state index is 8.74. The minimum absolute atomic E-state index is 0.303. The summed E-state index contributed by atoms with van der Waals surface area (Å²) >= 11 is 0. The van der Waals surface area contributed by atoms with E-state index in [2.05, 4.69) is 15.0 Å². The molecule has 1 N–H and O–H groups in total. The van der Waals surface area contributed by atoms with Crippen LogP contribution in [0.5, 0.6) is 0 Å². The predicted octanol–water partition coefficient (Wildman–Crippen LogP) is 1.33. The maximum atomic E-state index is 8.74. The van der Waals surface area contributed by atoms with Crippen molar-refractivity contribution in [3.63, 3.8) is 0 Å². The van der Waals surface area contributed by atoms with Crippen LogP contribution in [0.2, 0.25) is 0 Å². The normalized spacial score (nSPS) is 18.7. The zero-order valence-corrected chi connectivity index (χ0v) is 10.4. The van der Waals surface area contributed by atoms with E-state index < -0.39 is 0 Å². The van der Waals surface area contributed by atoms with E-state index in [0.717, 1.165) is 57.0 Å². The standard InChI is InChI=1S/C12H21N3O2/c1-10-13-12(17-14-10)11-4-7-15(8-5-11)6-2-3-9-16/h11,16H,2-9H2,1H3. The molecule has 0 aliphatic carbocycles. The van der Waals surface area contributed by atoms with Gasteiger partial charge in [0.15, 0.2) is 5.82 Å². The lowest BCUT2D eigenvalue weighted by Crippen LogP contribution is -2.33. The summed E-state index contributed by atoms with van der Waals surface area (Å²) < 4.78 is 5.22. The Morgan fingerprint density at radius 1 is 1.35 bits per heavy atom. The highest BCUT2D eigenvalue weighted by Gasteiger charge is 2.24. The number of aliphatic hydroxyl groups is 1. The molecule has 17 heavy (non-hydrogen) atoms. The third-order valence-corrected chi connectivity index (χ3v) is 3.36. The second kappa shape index (κ2) is 6.12. The van der Waals surface area contributed by atoms with E-state index in [1.807, 2.05) is 6.92 Å². The lowest BCUT2D eigenvalue weighted by molar-refractivity contribution is 0.185. The number of hydrogen-bond acceptors (Lipinski definition) is 5. The second-order valence-corrected chi connectivity index (χ2v) is 4.73. The van der Waals surface area contributed by atoms with Gasteiger partial charge in [0.2, 0.25) is 5.89 Å². The SMILES string of the molecule is Cc1noc(C2CCN(CCCCO)CC2)n1. The third-order valence-electron chi connectivity index (χ3n) is 3.36. The molecule has 1 fully saturated rings. The molecule has 1 saturated heterocycles. The Balaban J connectivity index is 1.74. The van der Waals surface area contributed by atoms with Crippen molar-refractivity contribution >= 4 is 0 Å². The second-order valence-electron chi connectivity index (χ2n) is 4.73. The maximum Gasteiger partial charge on any atom is 0.229 e. The molecule has 0 amide bonds. The predicted molar refractivity (Wildman–Crippen MR) is 63.8 cm³/mol. The van der Waals surface area contributed by atoms with Crippen LogP contribution < -0.4 is 0 Å². The van der Waals surface area contributed by atoms with Gasteiger partial charge >= 0.3 is 0 Å². The molecule has 96 valence electrons. The Bertz CT molecular complexity index is 332. The Hall–Kier alpha value is -0.940. The lowest BCUT2D eigenvalue weighted by atomic mass is 9.96. The Kier molecular flexibility index (Phi) is 4.50. The molecule has 0 atom stereocenters. The molecule has 1 aliphatic heterocycles. The monoisotopic (exact) mass is 239 g/mol. The molecule has 0 radical (unpaired) electrons. The van der Waals surface area contributed by atoms with Crippen molar-refractivity contribution < 1.29 is 9.63 Å². The molecule has 0 spiro atoms. The number of piperidine rings is 1. The van der Waals surface area contributed by atoms with Crippen molar-refractivity contribution in [2.45, 2.75) is 38.5 Å². The van der Waals surface area contributed by atoms with Crippen LogP contribution in [-0.4, -0.2) is 46.4 Å². The molecule has 0 bridgehead atoms.